The van der Waals surface area contributed by atoms with Gasteiger partial charge in [0.2, 0.25) is 0 Å². The third kappa shape index (κ3) is 8.97. The van der Waals surface area contributed by atoms with Crippen molar-refractivity contribution in [1.29, 1.82) is 0 Å². The number of ether oxygens (including phenoxy) is 3. The number of rotatable bonds is 15. The molecule has 1 aliphatic heterocycles. The van der Waals surface area contributed by atoms with E-state index in [0.29, 0.717) is 19.6 Å². The maximum atomic E-state index is 11.8. The van der Waals surface area contributed by atoms with Gasteiger partial charge in [0, 0.05) is 32.9 Å². The Morgan fingerprint density at radius 1 is 0.976 bits per heavy atom. The lowest BCUT2D eigenvalue weighted by molar-refractivity contribution is -0.220. The van der Waals surface area contributed by atoms with Crippen molar-refractivity contribution in [3.05, 3.63) is 72.8 Å². The Bertz CT molecular complexity index is 1070. The first-order valence-corrected chi connectivity index (χ1v) is 21.2. The van der Waals surface area contributed by atoms with Gasteiger partial charge in [-0.05, 0) is 34.3 Å². The minimum atomic E-state index is -2.68. The van der Waals surface area contributed by atoms with E-state index in [1.54, 1.807) is 7.11 Å². The lowest BCUT2D eigenvalue weighted by atomic mass is 9.82. The predicted molar refractivity (Wildman–Crippen MR) is 180 cm³/mol. The second-order valence-electron chi connectivity index (χ2n) is 14.8. The van der Waals surface area contributed by atoms with Gasteiger partial charge < -0.3 is 23.7 Å². The van der Waals surface area contributed by atoms with Gasteiger partial charge in [0.15, 0.2) is 5.79 Å². The summed E-state index contributed by atoms with van der Waals surface area (Å²) in [6.45, 7) is 19.5. The van der Waals surface area contributed by atoms with Gasteiger partial charge in [0.25, 0.3) is 8.32 Å². The van der Waals surface area contributed by atoms with Crippen LogP contribution in [-0.4, -0.2) is 60.5 Å². The summed E-state index contributed by atoms with van der Waals surface area (Å²) in [5.41, 5.74) is -0.222. The van der Waals surface area contributed by atoms with E-state index in [2.05, 4.69) is 127 Å². The lowest BCUT2D eigenvalue weighted by Crippen LogP contribution is -2.67. The molecule has 1 unspecified atom stereocenters. The minimum Gasteiger partial charge on any atom is -0.405 e. The maximum Gasteiger partial charge on any atom is 0.261 e. The number of aliphatic hydroxyl groups is 1. The second kappa shape index (κ2) is 14.5. The van der Waals surface area contributed by atoms with Gasteiger partial charge in [-0.15, -0.1) is 0 Å². The van der Waals surface area contributed by atoms with E-state index in [9.17, 15) is 5.11 Å². The molecule has 7 heteroatoms. The summed E-state index contributed by atoms with van der Waals surface area (Å²) >= 11 is 0. The molecule has 1 heterocycles. The summed E-state index contributed by atoms with van der Waals surface area (Å²) in [6.07, 6.45) is 6.47. The van der Waals surface area contributed by atoms with Crippen molar-refractivity contribution < 1.29 is 23.7 Å². The highest BCUT2D eigenvalue weighted by Crippen LogP contribution is 2.42. The molecule has 0 radical (unpaired) electrons. The van der Waals surface area contributed by atoms with Crippen molar-refractivity contribution in [2.75, 3.05) is 27.1 Å². The molecule has 0 amide bonds. The van der Waals surface area contributed by atoms with Crippen molar-refractivity contribution in [3.63, 3.8) is 0 Å². The molecule has 0 aromatic heterocycles. The normalized spacial score (nSPS) is 23.4. The Morgan fingerprint density at radius 3 is 2.05 bits per heavy atom. The Hall–Kier alpha value is -1.59. The predicted octanol–water partition coefficient (Wildman–Crippen LogP) is 6.98. The van der Waals surface area contributed by atoms with Crippen LogP contribution in [0, 0.1) is 11.3 Å². The van der Waals surface area contributed by atoms with Crippen LogP contribution in [0.15, 0.2) is 72.8 Å². The SMILES string of the molecule is COCOC[C@](C)(/C=C/C[Si](C)(C)C)CCC1(O)O[C@@H](CO[Si](c2ccccc2)(c2ccccc2)C(C)(C)C)C[C@@H]1C. The van der Waals surface area contributed by atoms with Crippen LogP contribution in [0.1, 0.15) is 53.9 Å². The molecule has 2 aromatic carbocycles. The summed E-state index contributed by atoms with van der Waals surface area (Å²) in [4.78, 5) is 0. The minimum absolute atomic E-state index is 0.000333. The molecule has 42 heavy (non-hydrogen) atoms. The van der Waals surface area contributed by atoms with E-state index in [-0.39, 0.29) is 29.3 Å². The van der Waals surface area contributed by atoms with Crippen LogP contribution >= 0.6 is 0 Å². The molecule has 1 aliphatic rings. The second-order valence-corrected chi connectivity index (χ2v) is 24.6. The maximum absolute atomic E-state index is 11.8. The summed E-state index contributed by atoms with van der Waals surface area (Å²) in [6, 6.07) is 22.5. The first kappa shape index (κ1) is 34.9. The van der Waals surface area contributed by atoms with Crippen LogP contribution in [0.25, 0.3) is 0 Å². The van der Waals surface area contributed by atoms with Crippen molar-refractivity contribution in [1.82, 2.24) is 0 Å². The quantitative estimate of drug-likeness (QED) is 0.102. The van der Waals surface area contributed by atoms with E-state index < -0.39 is 22.2 Å². The first-order valence-electron chi connectivity index (χ1n) is 15.5. The molecule has 0 spiro atoms. The third-order valence-corrected chi connectivity index (χ3v) is 15.1. The molecule has 1 N–H and O–H groups in total. The van der Waals surface area contributed by atoms with Gasteiger partial charge in [-0.1, -0.05) is 127 Å². The van der Waals surface area contributed by atoms with Gasteiger partial charge in [-0.3, -0.25) is 0 Å². The highest BCUT2D eigenvalue weighted by atomic mass is 28.4. The number of methoxy groups -OCH3 is 1. The topological polar surface area (TPSA) is 57.2 Å². The molecule has 3 rings (SSSR count). The smallest absolute Gasteiger partial charge is 0.261 e. The van der Waals surface area contributed by atoms with Gasteiger partial charge in [-0.2, -0.15) is 0 Å². The van der Waals surface area contributed by atoms with E-state index in [1.807, 2.05) is 0 Å². The highest BCUT2D eigenvalue weighted by molar-refractivity contribution is 6.99. The summed E-state index contributed by atoms with van der Waals surface area (Å²) in [5.74, 6) is -1.20. The Morgan fingerprint density at radius 2 is 1.55 bits per heavy atom. The fraction of sp³-hybridized carbons (Fsp3) is 0.600. The Labute approximate surface area is 257 Å². The third-order valence-electron chi connectivity index (χ3n) is 8.60. The van der Waals surface area contributed by atoms with Crippen molar-refractivity contribution in [2.45, 2.75) is 96.5 Å². The molecule has 0 aliphatic carbocycles. The van der Waals surface area contributed by atoms with Crippen LogP contribution < -0.4 is 10.4 Å². The van der Waals surface area contributed by atoms with E-state index in [4.69, 9.17) is 18.6 Å². The molecular formula is C35H56O5Si2. The fourth-order valence-electron chi connectivity index (χ4n) is 6.14. The summed E-state index contributed by atoms with van der Waals surface area (Å²) in [7, 11) is -2.24. The summed E-state index contributed by atoms with van der Waals surface area (Å²) in [5, 5.41) is 14.2. The molecule has 0 saturated carbocycles. The van der Waals surface area contributed by atoms with Crippen LogP contribution in [-0.2, 0) is 18.6 Å². The molecule has 4 atom stereocenters. The summed E-state index contributed by atoms with van der Waals surface area (Å²) < 4.78 is 24.6. The van der Waals surface area contributed by atoms with Crippen molar-refractivity contribution in [3.8, 4) is 0 Å². The van der Waals surface area contributed by atoms with Crippen LogP contribution in [0.3, 0.4) is 0 Å². The Kier molecular flexibility index (Phi) is 12.0. The molecular weight excluding hydrogens is 557 g/mol. The molecule has 5 nitrogen and oxygen atoms in total. The molecule has 0 bridgehead atoms. The van der Waals surface area contributed by atoms with Gasteiger partial charge in [0.05, 0.1) is 19.3 Å². The average Bonchev–Trinajstić information content (AvgIpc) is 3.21. The van der Waals surface area contributed by atoms with E-state index in [0.717, 1.165) is 18.9 Å². The van der Waals surface area contributed by atoms with Gasteiger partial charge in [0.1, 0.15) is 6.79 Å². The van der Waals surface area contributed by atoms with E-state index >= 15 is 0 Å². The van der Waals surface area contributed by atoms with Gasteiger partial charge >= 0.3 is 0 Å². The molecule has 2 aromatic rings. The highest BCUT2D eigenvalue weighted by Gasteiger charge is 2.52. The fourth-order valence-corrected chi connectivity index (χ4v) is 11.6. The van der Waals surface area contributed by atoms with Crippen LogP contribution in [0.4, 0.5) is 0 Å². The largest absolute Gasteiger partial charge is 0.405 e. The zero-order valence-corrected chi connectivity index (χ0v) is 29.6. The molecule has 1 fully saturated rings. The zero-order chi connectivity index (χ0) is 31.1. The van der Waals surface area contributed by atoms with Crippen LogP contribution in [0.5, 0.6) is 0 Å². The van der Waals surface area contributed by atoms with Crippen molar-refractivity contribution in [2.24, 2.45) is 11.3 Å². The van der Waals surface area contributed by atoms with Crippen molar-refractivity contribution >= 4 is 26.8 Å². The van der Waals surface area contributed by atoms with E-state index in [1.165, 1.54) is 10.4 Å². The number of hydrogen-bond acceptors (Lipinski definition) is 5. The lowest BCUT2D eigenvalue weighted by Gasteiger charge is -2.43. The molecule has 234 valence electrons. The monoisotopic (exact) mass is 612 g/mol. The molecule has 1 saturated heterocycles. The standard InChI is InChI=1S/C35H56O5Si2/c1-29-25-30(40-35(29,36)23-22-34(5,27-38-28-37-6)21-16-24-41(7,8)9)26-39-42(33(2,3)4,31-17-12-10-13-18-31)32-19-14-11-15-20-32/h10-21,29-30,36H,22-28H2,1-9H3/b21-16+/t29-,30+,34+,35?/m0/s1. The number of benzene rings is 2. The average molecular weight is 613 g/mol. The number of hydrogen-bond donors (Lipinski definition) is 1. The van der Waals surface area contributed by atoms with Crippen LogP contribution in [0.2, 0.25) is 30.7 Å². The zero-order valence-electron chi connectivity index (χ0n) is 27.6. The van der Waals surface area contributed by atoms with Gasteiger partial charge in [-0.25, -0.2) is 0 Å². The number of allylic oxidation sites excluding steroid dienone is 1. The Balaban J connectivity index is 1.78. The first-order chi connectivity index (χ1) is 19.6.